The highest BCUT2D eigenvalue weighted by atomic mass is 16.5. The molecule has 7 heteroatoms. The fourth-order valence-electron chi connectivity index (χ4n) is 6.38. The minimum atomic E-state index is -0.622. The minimum absolute atomic E-state index is 0.0263. The number of ether oxygens (including phenoxy) is 1. The Morgan fingerprint density at radius 1 is 0.848 bits per heavy atom. The quantitative estimate of drug-likeness (QED) is 0.0830. The van der Waals surface area contributed by atoms with E-state index in [2.05, 4.69) is 23.8 Å². The molecule has 4 atom stereocenters. The van der Waals surface area contributed by atoms with Gasteiger partial charge in [0.2, 0.25) is 11.8 Å². The summed E-state index contributed by atoms with van der Waals surface area (Å²) in [6.07, 6.45) is 13.8. The van der Waals surface area contributed by atoms with Crippen molar-refractivity contribution in [3.63, 3.8) is 0 Å². The van der Waals surface area contributed by atoms with Crippen LogP contribution < -0.4 is 10.6 Å². The van der Waals surface area contributed by atoms with Crippen molar-refractivity contribution in [2.45, 2.75) is 95.6 Å². The molecule has 3 rings (SSSR count). The molecular formula is C39H54N2O5. The van der Waals surface area contributed by atoms with E-state index < -0.39 is 12.0 Å². The van der Waals surface area contributed by atoms with Crippen LogP contribution in [0.2, 0.25) is 0 Å². The van der Waals surface area contributed by atoms with E-state index in [1.165, 1.54) is 19.3 Å². The fourth-order valence-corrected chi connectivity index (χ4v) is 6.38. The van der Waals surface area contributed by atoms with Gasteiger partial charge in [-0.3, -0.25) is 14.4 Å². The highest BCUT2D eigenvalue weighted by molar-refractivity contribution is 5.86. The number of hydrogen-bond donors (Lipinski definition) is 3. The van der Waals surface area contributed by atoms with Crippen LogP contribution in [-0.2, 0) is 32.0 Å². The van der Waals surface area contributed by atoms with Gasteiger partial charge in [0.05, 0.1) is 30.5 Å². The van der Waals surface area contributed by atoms with Gasteiger partial charge >= 0.3 is 5.97 Å². The average molecular weight is 631 g/mol. The number of nitrogens with one attached hydrogen (secondary N) is 2. The molecule has 1 fully saturated rings. The third-order valence-electron chi connectivity index (χ3n) is 8.90. The summed E-state index contributed by atoms with van der Waals surface area (Å²) in [4.78, 5) is 40.1. The molecule has 1 aliphatic rings. The van der Waals surface area contributed by atoms with Crippen LogP contribution >= 0.6 is 0 Å². The Kier molecular flexibility index (Phi) is 16.9. The second-order valence-corrected chi connectivity index (χ2v) is 12.7. The molecule has 3 N–H and O–H groups in total. The zero-order chi connectivity index (χ0) is 33.0. The highest BCUT2D eigenvalue weighted by Gasteiger charge is 2.28. The van der Waals surface area contributed by atoms with Crippen molar-refractivity contribution in [2.24, 2.45) is 17.8 Å². The predicted molar refractivity (Wildman–Crippen MR) is 184 cm³/mol. The second-order valence-electron chi connectivity index (χ2n) is 12.7. The number of unbranched alkanes of at least 4 members (excludes halogenated alkanes) is 1. The number of hydrogen-bond acceptors (Lipinski definition) is 5. The molecule has 0 bridgehead atoms. The lowest BCUT2D eigenvalue weighted by molar-refractivity contribution is -0.150. The average Bonchev–Trinajstić information content (AvgIpc) is 3.07. The summed E-state index contributed by atoms with van der Waals surface area (Å²) in [5.41, 5.74) is 2.10. The summed E-state index contributed by atoms with van der Waals surface area (Å²) in [5.74, 6) is -1.23. The molecule has 2 amide bonds. The van der Waals surface area contributed by atoms with Gasteiger partial charge in [0.25, 0.3) is 0 Å². The molecule has 7 nitrogen and oxygen atoms in total. The smallest absolute Gasteiger partial charge is 0.309 e. The first-order valence-corrected chi connectivity index (χ1v) is 17.1. The van der Waals surface area contributed by atoms with Gasteiger partial charge in [0, 0.05) is 6.42 Å². The number of carbonyl (C=O) groups is 3. The summed E-state index contributed by atoms with van der Waals surface area (Å²) in [7, 11) is 0. The molecule has 1 saturated carbocycles. The third kappa shape index (κ3) is 13.7. The molecule has 2 aromatic rings. The van der Waals surface area contributed by atoms with Crippen molar-refractivity contribution in [1.82, 2.24) is 10.6 Å². The van der Waals surface area contributed by atoms with Crippen LogP contribution in [0.3, 0.4) is 0 Å². The first-order valence-electron chi connectivity index (χ1n) is 17.1. The number of amides is 2. The van der Waals surface area contributed by atoms with E-state index in [9.17, 15) is 19.5 Å². The standard InChI is InChI=1S/C39H54N2O5/c1-3-5-9-23-34(24-30-17-10-6-11-18-30)39(45)46-29-36(26-32-21-14-8-15-22-32)41-38(44)33(16-4-2)27-37(43)40-35(28-42)25-31-19-12-7-13-20-31/h3-4,6-7,10-13,17-20,32-36,42H,1-2,5,8-9,14-16,21-29H2,(H,40,43)(H,41,44)/t33-,34-,35-,36+/m1/s1. The van der Waals surface area contributed by atoms with Gasteiger partial charge in [-0.05, 0) is 62.0 Å². The van der Waals surface area contributed by atoms with Crippen molar-refractivity contribution in [1.29, 1.82) is 0 Å². The largest absolute Gasteiger partial charge is 0.463 e. The fraction of sp³-hybridized carbons (Fsp3) is 0.513. The lowest BCUT2D eigenvalue weighted by Crippen LogP contribution is -2.45. The molecule has 250 valence electrons. The number of aliphatic hydroxyl groups excluding tert-OH is 1. The number of rotatable bonds is 21. The number of aliphatic hydroxyl groups is 1. The Labute approximate surface area is 275 Å². The van der Waals surface area contributed by atoms with Crippen molar-refractivity contribution in [2.75, 3.05) is 13.2 Å². The van der Waals surface area contributed by atoms with Gasteiger partial charge in [-0.15, -0.1) is 13.2 Å². The van der Waals surface area contributed by atoms with Crippen LogP contribution in [-0.4, -0.2) is 48.2 Å². The Hall–Kier alpha value is -3.71. The lowest BCUT2D eigenvalue weighted by atomic mass is 9.84. The SMILES string of the molecule is C=CCCC[C@H](Cc1ccccc1)C(=O)OC[C@H](CC1CCCCC1)NC(=O)[C@H](CC=C)CC(=O)N[C@@H](CO)Cc1ccccc1. The van der Waals surface area contributed by atoms with E-state index >= 15 is 0 Å². The number of allylic oxidation sites excluding steroid dienone is 2. The lowest BCUT2D eigenvalue weighted by Gasteiger charge is -2.29. The normalized spacial score (nSPS) is 15.9. The Balaban J connectivity index is 1.64. The Morgan fingerprint density at radius 3 is 2.11 bits per heavy atom. The molecular weight excluding hydrogens is 576 g/mol. The zero-order valence-electron chi connectivity index (χ0n) is 27.4. The van der Waals surface area contributed by atoms with Crippen molar-refractivity contribution in [3.8, 4) is 0 Å². The number of carbonyl (C=O) groups excluding carboxylic acids is 3. The molecule has 2 aromatic carbocycles. The van der Waals surface area contributed by atoms with Gasteiger partial charge in [0.1, 0.15) is 6.61 Å². The molecule has 0 unspecified atom stereocenters. The Bertz CT molecular complexity index is 1200. The number of esters is 1. The number of benzene rings is 2. The van der Waals surface area contributed by atoms with Gasteiger partial charge in [0.15, 0.2) is 0 Å². The molecule has 0 heterocycles. The third-order valence-corrected chi connectivity index (χ3v) is 8.90. The van der Waals surface area contributed by atoms with E-state index in [0.29, 0.717) is 31.6 Å². The topological polar surface area (TPSA) is 105 Å². The highest BCUT2D eigenvalue weighted by Crippen LogP contribution is 2.28. The zero-order valence-corrected chi connectivity index (χ0v) is 27.4. The van der Waals surface area contributed by atoms with E-state index in [4.69, 9.17) is 4.74 Å². The summed E-state index contributed by atoms with van der Waals surface area (Å²) in [6, 6.07) is 18.8. The molecule has 1 aliphatic carbocycles. The maximum absolute atomic E-state index is 13.6. The van der Waals surface area contributed by atoms with Crippen molar-refractivity contribution < 1.29 is 24.2 Å². The Morgan fingerprint density at radius 2 is 1.50 bits per heavy atom. The maximum atomic E-state index is 13.6. The van der Waals surface area contributed by atoms with Crippen molar-refractivity contribution in [3.05, 3.63) is 97.1 Å². The monoisotopic (exact) mass is 630 g/mol. The second kappa shape index (κ2) is 21.2. The van der Waals surface area contributed by atoms with Crippen molar-refractivity contribution >= 4 is 17.8 Å². The molecule has 0 saturated heterocycles. The van der Waals surface area contributed by atoms with E-state index in [-0.39, 0.29) is 49.4 Å². The van der Waals surface area contributed by atoms with Crippen LogP contribution in [0, 0.1) is 17.8 Å². The first-order chi connectivity index (χ1) is 22.4. The van der Waals surface area contributed by atoms with Gasteiger partial charge in [-0.1, -0.05) is 105 Å². The van der Waals surface area contributed by atoms with Crippen LogP contribution in [0.15, 0.2) is 86.0 Å². The summed E-state index contributed by atoms with van der Waals surface area (Å²) < 4.78 is 5.95. The molecule has 46 heavy (non-hydrogen) atoms. The van der Waals surface area contributed by atoms with Crippen LogP contribution in [0.4, 0.5) is 0 Å². The maximum Gasteiger partial charge on any atom is 0.309 e. The van der Waals surface area contributed by atoms with E-state index in [1.54, 1.807) is 6.08 Å². The predicted octanol–water partition coefficient (Wildman–Crippen LogP) is 6.50. The summed E-state index contributed by atoms with van der Waals surface area (Å²) >= 11 is 0. The molecule has 0 aliphatic heterocycles. The van der Waals surface area contributed by atoms with Gasteiger partial charge in [-0.2, -0.15) is 0 Å². The molecule has 0 aromatic heterocycles. The van der Waals surface area contributed by atoms with Gasteiger partial charge < -0.3 is 20.5 Å². The molecule has 0 radical (unpaired) electrons. The summed E-state index contributed by atoms with van der Waals surface area (Å²) in [5, 5.41) is 15.9. The first kappa shape index (κ1) is 36.8. The van der Waals surface area contributed by atoms with Crippen LogP contribution in [0.25, 0.3) is 0 Å². The van der Waals surface area contributed by atoms with E-state index in [1.807, 2.05) is 66.7 Å². The van der Waals surface area contributed by atoms with Crippen LogP contribution in [0.1, 0.15) is 81.8 Å². The van der Waals surface area contributed by atoms with Crippen LogP contribution in [0.5, 0.6) is 0 Å². The minimum Gasteiger partial charge on any atom is -0.463 e. The van der Waals surface area contributed by atoms with E-state index in [0.717, 1.165) is 43.2 Å². The van der Waals surface area contributed by atoms with Gasteiger partial charge in [-0.25, -0.2) is 0 Å². The molecule has 0 spiro atoms. The summed E-state index contributed by atoms with van der Waals surface area (Å²) in [6.45, 7) is 7.52.